The Balaban J connectivity index is 1.84. The van der Waals surface area contributed by atoms with Crippen LogP contribution in [0.25, 0.3) is 28.2 Å². The molecule has 20 heavy (non-hydrogen) atoms. The van der Waals surface area contributed by atoms with Gasteiger partial charge in [-0.15, -0.1) is 10.2 Å². The van der Waals surface area contributed by atoms with E-state index in [4.69, 9.17) is 4.42 Å². The van der Waals surface area contributed by atoms with Gasteiger partial charge in [-0.3, -0.25) is 9.55 Å². The molecule has 0 saturated heterocycles. The highest BCUT2D eigenvalue weighted by atomic mass is 16.3. The Kier molecular flexibility index (Phi) is 2.32. The molecular weight excluding hydrogens is 254 g/mol. The van der Waals surface area contributed by atoms with Gasteiger partial charge in [0.05, 0.1) is 5.69 Å². The zero-order valence-corrected chi connectivity index (χ0v) is 10.3. The monoisotopic (exact) mass is 263 g/mol. The lowest BCUT2D eigenvalue weighted by atomic mass is 10.3. The largest absolute Gasteiger partial charge is 0.436 e. The Hall–Kier alpha value is -3.02. The molecule has 1 aromatic carbocycles. The molecule has 0 aliphatic rings. The zero-order chi connectivity index (χ0) is 13.4. The molecule has 0 unspecified atom stereocenters. The number of hydrogen-bond acceptors (Lipinski definition) is 5. The van der Waals surface area contributed by atoms with Crippen LogP contribution in [0.15, 0.2) is 59.8 Å². The summed E-state index contributed by atoms with van der Waals surface area (Å²) in [6.45, 7) is 0. The Morgan fingerprint density at radius 2 is 1.75 bits per heavy atom. The summed E-state index contributed by atoms with van der Waals surface area (Å²) < 4.78 is 7.61. The highest BCUT2D eigenvalue weighted by Crippen LogP contribution is 2.25. The third kappa shape index (κ3) is 1.74. The van der Waals surface area contributed by atoms with Gasteiger partial charge in [0, 0.05) is 24.0 Å². The van der Waals surface area contributed by atoms with Crippen molar-refractivity contribution in [3.05, 3.63) is 55.4 Å². The van der Waals surface area contributed by atoms with Gasteiger partial charge in [0.25, 0.3) is 0 Å². The minimum absolute atomic E-state index is 0.586. The minimum Gasteiger partial charge on any atom is -0.436 e. The summed E-state index contributed by atoms with van der Waals surface area (Å²) in [4.78, 5) is 8.46. The molecule has 0 radical (unpaired) electrons. The Bertz CT molecular complexity index is 852. The summed E-state index contributed by atoms with van der Waals surface area (Å²) in [5, 5.41) is 7.58. The first-order valence-corrected chi connectivity index (χ1v) is 6.06. The summed E-state index contributed by atoms with van der Waals surface area (Å²) in [5.74, 6) is 0.586. The maximum absolute atomic E-state index is 5.80. The summed E-state index contributed by atoms with van der Waals surface area (Å²) in [6.07, 6.45) is 6.71. The maximum atomic E-state index is 5.80. The second kappa shape index (κ2) is 4.27. The van der Waals surface area contributed by atoms with Crippen molar-refractivity contribution in [1.29, 1.82) is 0 Å². The number of rotatable bonds is 2. The van der Waals surface area contributed by atoms with E-state index >= 15 is 0 Å². The van der Waals surface area contributed by atoms with Crippen LogP contribution < -0.4 is 0 Å². The van der Waals surface area contributed by atoms with Crippen LogP contribution in [0.2, 0.25) is 0 Å². The highest BCUT2D eigenvalue weighted by Gasteiger charge is 2.09. The molecule has 0 aliphatic heterocycles. The SMILES string of the molecule is c1cc(-c2nc3ccc(-n4cnnc4)cc3o2)ccn1. The van der Waals surface area contributed by atoms with Gasteiger partial charge in [-0.1, -0.05) is 0 Å². The fourth-order valence-electron chi connectivity index (χ4n) is 2.03. The lowest BCUT2D eigenvalue weighted by molar-refractivity contribution is 0.619. The molecule has 0 fully saturated rings. The number of benzene rings is 1. The number of oxazole rings is 1. The first kappa shape index (κ1) is 10.9. The molecule has 0 N–H and O–H groups in total. The molecule has 0 saturated carbocycles. The molecule has 96 valence electrons. The molecule has 4 aromatic rings. The molecule has 3 heterocycles. The quantitative estimate of drug-likeness (QED) is 0.555. The Morgan fingerprint density at radius 1 is 0.950 bits per heavy atom. The molecule has 6 heteroatoms. The molecule has 0 atom stereocenters. The van der Waals surface area contributed by atoms with Crippen molar-refractivity contribution in [2.24, 2.45) is 0 Å². The van der Waals surface area contributed by atoms with Crippen molar-refractivity contribution in [2.75, 3.05) is 0 Å². The topological polar surface area (TPSA) is 69.6 Å². The lowest BCUT2D eigenvalue weighted by Crippen LogP contribution is -1.88. The van der Waals surface area contributed by atoms with E-state index in [0.717, 1.165) is 22.4 Å². The molecule has 0 amide bonds. The number of aromatic nitrogens is 5. The number of hydrogen-bond donors (Lipinski definition) is 0. The molecule has 0 bridgehead atoms. The van der Waals surface area contributed by atoms with Crippen LogP contribution >= 0.6 is 0 Å². The fourth-order valence-corrected chi connectivity index (χ4v) is 2.03. The second-order valence-electron chi connectivity index (χ2n) is 4.28. The maximum Gasteiger partial charge on any atom is 0.227 e. The van der Waals surface area contributed by atoms with E-state index in [1.54, 1.807) is 25.0 Å². The number of fused-ring (bicyclic) bond motifs is 1. The van der Waals surface area contributed by atoms with Crippen molar-refractivity contribution >= 4 is 11.1 Å². The molecule has 0 spiro atoms. The summed E-state index contributed by atoms with van der Waals surface area (Å²) >= 11 is 0. The number of pyridine rings is 1. The van der Waals surface area contributed by atoms with E-state index in [9.17, 15) is 0 Å². The van der Waals surface area contributed by atoms with Gasteiger partial charge < -0.3 is 4.42 Å². The lowest BCUT2D eigenvalue weighted by Gasteiger charge is -1.98. The van der Waals surface area contributed by atoms with Gasteiger partial charge in [0.1, 0.15) is 18.2 Å². The fraction of sp³-hybridized carbons (Fsp3) is 0. The summed E-state index contributed by atoms with van der Waals surface area (Å²) in [6, 6.07) is 9.51. The van der Waals surface area contributed by atoms with Gasteiger partial charge in [0.15, 0.2) is 5.58 Å². The third-order valence-corrected chi connectivity index (χ3v) is 3.02. The molecule has 3 aromatic heterocycles. The predicted molar refractivity (Wildman–Crippen MR) is 72.2 cm³/mol. The van der Waals surface area contributed by atoms with Gasteiger partial charge in [-0.2, -0.15) is 0 Å². The summed E-state index contributed by atoms with van der Waals surface area (Å²) in [5.41, 5.74) is 3.37. The van der Waals surface area contributed by atoms with Crippen molar-refractivity contribution in [3.63, 3.8) is 0 Å². The Morgan fingerprint density at radius 3 is 2.55 bits per heavy atom. The van der Waals surface area contributed by atoms with Gasteiger partial charge in [-0.05, 0) is 24.3 Å². The van der Waals surface area contributed by atoms with Gasteiger partial charge in [-0.25, -0.2) is 4.98 Å². The van der Waals surface area contributed by atoms with Crippen LogP contribution in [0.5, 0.6) is 0 Å². The van der Waals surface area contributed by atoms with E-state index in [2.05, 4.69) is 20.2 Å². The van der Waals surface area contributed by atoms with Crippen LogP contribution in [0.3, 0.4) is 0 Å². The van der Waals surface area contributed by atoms with Crippen LogP contribution in [0.1, 0.15) is 0 Å². The second-order valence-corrected chi connectivity index (χ2v) is 4.28. The van der Waals surface area contributed by atoms with Crippen molar-refractivity contribution in [3.8, 4) is 17.1 Å². The van der Waals surface area contributed by atoms with Crippen molar-refractivity contribution in [1.82, 2.24) is 24.7 Å². The van der Waals surface area contributed by atoms with E-state index in [1.165, 1.54) is 0 Å². The Labute approximate surface area is 113 Å². The van der Waals surface area contributed by atoms with Crippen LogP contribution in [0, 0.1) is 0 Å². The molecular formula is C14H9N5O. The summed E-state index contributed by atoms with van der Waals surface area (Å²) in [7, 11) is 0. The predicted octanol–water partition coefficient (Wildman–Crippen LogP) is 2.47. The van der Waals surface area contributed by atoms with E-state index < -0.39 is 0 Å². The first-order chi connectivity index (χ1) is 9.90. The molecule has 4 rings (SSSR count). The van der Waals surface area contributed by atoms with Crippen LogP contribution in [0.4, 0.5) is 0 Å². The standard InChI is InChI=1S/C14H9N5O/c1-2-12-13(7-11(1)19-8-16-17-9-19)20-14(18-12)10-3-5-15-6-4-10/h1-9H. The highest BCUT2D eigenvalue weighted by molar-refractivity contribution is 5.78. The van der Waals surface area contributed by atoms with Crippen LogP contribution in [-0.4, -0.2) is 24.7 Å². The van der Waals surface area contributed by atoms with E-state index in [-0.39, 0.29) is 0 Å². The minimum atomic E-state index is 0.586. The van der Waals surface area contributed by atoms with E-state index in [1.807, 2.05) is 34.9 Å². The molecule has 6 nitrogen and oxygen atoms in total. The average molecular weight is 263 g/mol. The first-order valence-electron chi connectivity index (χ1n) is 6.06. The van der Waals surface area contributed by atoms with E-state index in [0.29, 0.717) is 5.89 Å². The normalized spacial score (nSPS) is 11.0. The van der Waals surface area contributed by atoms with Crippen molar-refractivity contribution < 1.29 is 4.42 Å². The van der Waals surface area contributed by atoms with Crippen molar-refractivity contribution in [2.45, 2.75) is 0 Å². The van der Waals surface area contributed by atoms with Crippen LogP contribution in [-0.2, 0) is 0 Å². The zero-order valence-electron chi connectivity index (χ0n) is 10.3. The smallest absolute Gasteiger partial charge is 0.227 e. The molecule has 0 aliphatic carbocycles. The van der Waals surface area contributed by atoms with Gasteiger partial charge >= 0.3 is 0 Å². The average Bonchev–Trinajstić information content (AvgIpc) is 3.16. The van der Waals surface area contributed by atoms with Gasteiger partial charge in [0.2, 0.25) is 5.89 Å². The third-order valence-electron chi connectivity index (χ3n) is 3.02. The number of nitrogens with zero attached hydrogens (tertiary/aromatic N) is 5.